The fraction of sp³-hybridized carbons (Fsp3) is 0.152. The van der Waals surface area contributed by atoms with E-state index in [0.29, 0.717) is 48.4 Å². The molecule has 0 unspecified atom stereocenters. The number of halogens is 2. The summed E-state index contributed by atoms with van der Waals surface area (Å²) in [6, 6.07) is 30.2. The van der Waals surface area contributed by atoms with Gasteiger partial charge in [-0.25, -0.2) is 0 Å². The van der Waals surface area contributed by atoms with Gasteiger partial charge in [0.15, 0.2) is 11.5 Å². The molecule has 4 aromatic rings. The number of rotatable bonds is 12. The first-order valence-corrected chi connectivity index (χ1v) is 14.6. The van der Waals surface area contributed by atoms with E-state index in [1.807, 2.05) is 97.9 Å². The molecule has 0 heterocycles. The number of carbonyl (C=O) groups is 2. The Morgan fingerprint density at radius 2 is 1.34 bits per heavy atom. The van der Waals surface area contributed by atoms with Crippen molar-refractivity contribution in [1.82, 2.24) is 10.6 Å². The Morgan fingerprint density at radius 3 is 1.88 bits per heavy atom. The smallest absolute Gasteiger partial charge is 0.257 e. The summed E-state index contributed by atoms with van der Waals surface area (Å²) >= 11 is 8.17. The quantitative estimate of drug-likeness (QED) is 0.0736. The average molecular weight is 681 g/mol. The van der Waals surface area contributed by atoms with E-state index >= 15 is 0 Å². The van der Waals surface area contributed by atoms with Crippen LogP contribution in [-0.2, 0) is 29.3 Å². The van der Waals surface area contributed by atoms with Crippen LogP contribution in [0.1, 0.15) is 29.2 Å². The normalized spacial score (nSPS) is 10.4. The third-order valence-corrected chi connectivity index (χ3v) is 7.07. The number of carbonyl (C=O) groups excluding carboxylic acids is 2. The largest absolute Gasteiger partial charge is 0.490 e. The Kier molecular flexibility index (Phi) is 11.2. The van der Waals surface area contributed by atoms with Crippen molar-refractivity contribution in [3.8, 4) is 11.5 Å². The van der Waals surface area contributed by atoms with Crippen molar-refractivity contribution in [2.75, 3.05) is 6.61 Å². The van der Waals surface area contributed by atoms with Crippen LogP contribution in [0.3, 0.4) is 0 Å². The minimum absolute atomic E-state index is 0.00931. The van der Waals surface area contributed by atoms with Crippen LogP contribution in [-0.4, -0.2) is 18.4 Å². The number of hydrogen-bond donors (Lipinski definition) is 2. The van der Waals surface area contributed by atoms with Crippen LogP contribution >= 0.6 is 34.2 Å². The summed E-state index contributed by atoms with van der Waals surface area (Å²) in [5, 5.41) is 6.40. The molecular formula is C33H30ClIN2O4. The predicted octanol–water partition coefficient (Wildman–Crippen LogP) is 6.94. The molecule has 0 aliphatic rings. The topological polar surface area (TPSA) is 76.7 Å². The first-order valence-electron chi connectivity index (χ1n) is 13.1. The lowest BCUT2D eigenvalue weighted by Gasteiger charge is -2.16. The Hall–Kier alpha value is -3.82. The van der Waals surface area contributed by atoms with E-state index in [2.05, 4.69) is 33.2 Å². The van der Waals surface area contributed by atoms with Crippen molar-refractivity contribution in [3.05, 3.63) is 133 Å². The third kappa shape index (κ3) is 9.09. The van der Waals surface area contributed by atoms with Crippen LogP contribution in [0.15, 0.2) is 103 Å². The maximum atomic E-state index is 13.3. The highest BCUT2D eigenvalue weighted by atomic mass is 127. The zero-order valence-electron chi connectivity index (χ0n) is 22.5. The second kappa shape index (κ2) is 15.3. The Morgan fingerprint density at radius 1 is 0.780 bits per heavy atom. The summed E-state index contributed by atoms with van der Waals surface area (Å²) in [6.07, 6.45) is 1.58. The SMILES string of the molecule is CCOc1cc(C=C(C(=O)NCc2ccccc2)C(=O)NCc2ccccc2)cc(I)c1OCc1ccc(Cl)cc1. The summed E-state index contributed by atoms with van der Waals surface area (Å²) in [5.74, 6) is 0.155. The van der Waals surface area contributed by atoms with E-state index < -0.39 is 11.8 Å². The molecule has 8 heteroatoms. The fourth-order valence-corrected chi connectivity index (χ4v) is 4.87. The molecule has 0 aromatic heterocycles. The minimum Gasteiger partial charge on any atom is -0.490 e. The molecule has 0 radical (unpaired) electrons. The van der Waals surface area contributed by atoms with Gasteiger partial charge in [-0.3, -0.25) is 9.59 Å². The summed E-state index contributed by atoms with van der Waals surface area (Å²) in [7, 11) is 0. The standard InChI is InChI=1S/C33H30ClIN2O4/c1-2-40-30-19-26(18-29(35)31(30)41-22-25-13-15-27(34)16-14-25)17-28(32(38)36-20-23-9-5-3-6-10-23)33(39)37-21-24-11-7-4-8-12-24/h3-19H,2,20-22H2,1H3,(H,36,38)(H,37,39). The van der Waals surface area contributed by atoms with E-state index in [1.54, 1.807) is 12.1 Å². The van der Waals surface area contributed by atoms with Gasteiger partial charge in [0.1, 0.15) is 12.2 Å². The lowest BCUT2D eigenvalue weighted by molar-refractivity contribution is -0.123. The Bertz CT molecular complexity index is 1440. The molecule has 210 valence electrons. The summed E-state index contributed by atoms with van der Waals surface area (Å²) < 4.78 is 12.8. The van der Waals surface area contributed by atoms with Crippen LogP contribution in [0.5, 0.6) is 11.5 Å². The van der Waals surface area contributed by atoms with Gasteiger partial charge in [-0.05, 0) is 82.1 Å². The Labute approximate surface area is 258 Å². The van der Waals surface area contributed by atoms with Gasteiger partial charge in [0, 0.05) is 18.1 Å². The molecule has 4 rings (SSSR count). The number of hydrogen-bond acceptors (Lipinski definition) is 4. The van der Waals surface area contributed by atoms with Crippen LogP contribution in [0.25, 0.3) is 6.08 Å². The highest BCUT2D eigenvalue weighted by molar-refractivity contribution is 14.1. The summed E-state index contributed by atoms with van der Waals surface area (Å²) in [5.41, 5.74) is 3.45. The number of nitrogens with one attached hydrogen (secondary N) is 2. The average Bonchev–Trinajstić information content (AvgIpc) is 2.99. The monoisotopic (exact) mass is 680 g/mol. The number of amides is 2. The van der Waals surface area contributed by atoms with Gasteiger partial charge in [0.25, 0.3) is 11.8 Å². The third-order valence-electron chi connectivity index (χ3n) is 6.02. The molecule has 0 bridgehead atoms. The molecule has 0 fully saturated rings. The molecule has 4 aromatic carbocycles. The van der Waals surface area contributed by atoms with Crippen LogP contribution in [0.4, 0.5) is 0 Å². The van der Waals surface area contributed by atoms with E-state index in [9.17, 15) is 9.59 Å². The molecule has 0 saturated carbocycles. The molecule has 0 atom stereocenters. The van der Waals surface area contributed by atoms with Crippen molar-refractivity contribution in [1.29, 1.82) is 0 Å². The Balaban J connectivity index is 1.59. The van der Waals surface area contributed by atoms with Crippen molar-refractivity contribution >= 4 is 52.1 Å². The van der Waals surface area contributed by atoms with Crippen LogP contribution in [0, 0.1) is 3.57 Å². The van der Waals surface area contributed by atoms with Gasteiger partial charge in [-0.2, -0.15) is 0 Å². The first kappa shape index (κ1) is 30.1. The summed E-state index contributed by atoms with van der Waals surface area (Å²) in [6.45, 7) is 3.22. The van der Waals surface area contributed by atoms with Gasteiger partial charge in [-0.1, -0.05) is 84.4 Å². The van der Waals surface area contributed by atoms with Gasteiger partial charge >= 0.3 is 0 Å². The molecule has 41 heavy (non-hydrogen) atoms. The van der Waals surface area contributed by atoms with Gasteiger partial charge in [0.05, 0.1) is 10.2 Å². The zero-order chi connectivity index (χ0) is 29.0. The zero-order valence-corrected chi connectivity index (χ0v) is 25.4. The fourth-order valence-electron chi connectivity index (χ4n) is 3.96. The highest BCUT2D eigenvalue weighted by Crippen LogP contribution is 2.35. The molecule has 0 saturated heterocycles. The predicted molar refractivity (Wildman–Crippen MR) is 171 cm³/mol. The molecule has 0 aliphatic heterocycles. The van der Waals surface area contributed by atoms with Crippen LogP contribution < -0.4 is 20.1 Å². The van der Waals surface area contributed by atoms with E-state index in [0.717, 1.165) is 20.3 Å². The molecule has 2 amide bonds. The lowest BCUT2D eigenvalue weighted by Crippen LogP contribution is -2.34. The van der Waals surface area contributed by atoms with Crippen molar-refractivity contribution < 1.29 is 19.1 Å². The molecular weight excluding hydrogens is 651 g/mol. The van der Waals surface area contributed by atoms with Crippen molar-refractivity contribution in [3.63, 3.8) is 0 Å². The number of benzene rings is 4. The lowest BCUT2D eigenvalue weighted by atomic mass is 10.1. The number of ether oxygens (including phenoxy) is 2. The van der Waals surface area contributed by atoms with Crippen molar-refractivity contribution in [2.45, 2.75) is 26.6 Å². The highest BCUT2D eigenvalue weighted by Gasteiger charge is 2.20. The van der Waals surface area contributed by atoms with Gasteiger partial charge < -0.3 is 20.1 Å². The minimum atomic E-state index is -0.476. The molecule has 0 aliphatic carbocycles. The van der Waals surface area contributed by atoms with E-state index in [4.69, 9.17) is 21.1 Å². The molecule has 6 nitrogen and oxygen atoms in total. The van der Waals surface area contributed by atoms with E-state index in [-0.39, 0.29) is 5.57 Å². The maximum Gasteiger partial charge on any atom is 0.257 e. The van der Waals surface area contributed by atoms with Gasteiger partial charge in [-0.15, -0.1) is 0 Å². The van der Waals surface area contributed by atoms with E-state index in [1.165, 1.54) is 0 Å². The second-order valence-corrected chi connectivity index (χ2v) is 10.7. The first-order chi connectivity index (χ1) is 19.9. The van der Waals surface area contributed by atoms with Crippen LogP contribution in [0.2, 0.25) is 5.02 Å². The summed E-state index contributed by atoms with van der Waals surface area (Å²) in [4.78, 5) is 26.6. The molecule has 0 spiro atoms. The maximum absolute atomic E-state index is 13.3. The van der Waals surface area contributed by atoms with Crippen molar-refractivity contribution in [2.24, 2.45) is 0 Å². The molecule has 2 N–H and O–H groups in total. The van der Waals surface area contributed by atoms with Gasteiger partial charge in [0.2, 0.25) is 0 Å². The second-order valence-electron chi connectivity index (χ2n) is 9.07.